The number of phosphoric acid groups is 3. The molecule has 0 amide bonds. The van der Waals surface area contributed by atoms with E-state index in [1.807, 2.05) is 0 Å². The molecule has 2 aromatic rings. The molecule has 18 N–H and O–H groups in total. The van der Waals surface area contributed by atoms with Gasteiger partial charge in [-0.1, -0.05) is 0 Å². The Hall–Kier alpha value is -1.74. The quantitative estimate of drug-likeness (QED) is 0.123. The van der Waals surface area contributed by atoms with Crippen LogP contribution in [0.2, 0.25) is 0 Å². The van der Waals surface area contributed by atoms with Gasteiger partial charge in [0.05, 0.1) is 13.2 Å². The summed E-state index contributed by atoms with van der Waals surface area (Å²) in [7, 11) is -19.7. The highest BCUT2D eigenvalue weighted by Crippen LogP contribution is 2.53. The lowest BCUT2D eigenvalue weighted by Gasteiger charge is -2.37. The molecule has 3 heterocycles. The summed E-state index contributed by atoms with van der Waals surface area (Å²) < 4.78 is 44.5. The molecule has 0 spiro atoms. The molecule has 31 heteroatoms. The van der Waals surface area contributed by atoms with Crippen molar-refractivity contribution in [3.8, 4) is 0 Å². The van der Waals surface area contributed by atoms with Crippen LogP contribution in [0.3, 0.4) is 0 Å². The van der Waals surface area contributed by atoms with Gasteiger partial charge < -0.3 is 89.8 Å². The van der Waals surface area contributed by atoms with Crippen LogP contribution in [-0.4, -0.2) is 142 Å². The maximum Gasteiger partial charge on any atom is 0.466 e. The highest BCUT2D eigenvalue weighted by atomic mass is 31.2. The van der Waals surface area contributed by atoms with E-state index in [0.29, 0.717) is 4.57 Å². The minimum atomic E-state index is -5.76. The van der Waals surface area contributed by atoms with E-state index in [0.717, 1.165) is 12.7 Å². The lowest BCUT2D eigenvalue weighted by molar-refractivity contribution is -0.188. The van der Waals surface area contributed by atoms with Crippen LogP contribution in [0.5, 0.6) is 0 Å². The minimum absolute atomic E-state index is 0.0962. The van der Waals surface area contributed by atoms with Crippen molar-refractivity contribution in [3.63, 3.8) is 0 Å². The van der Waals surface area contributed by atoms with E-state index < -0.39 is 79.4 Å². The first kappa shape index (κ1) is 42.3. The second kappa shape index (κ2) is 15.2. The van der Waals surface area contributed by atoms with Crippen LogP contribution in [0.1, 0.15) is 0 Å². The Labute approximate surface area is 242 Å². The van der Waals surface area contributed by atoms with E-state index in [1.165, 1.54) is 0 Å². The van der Waals surface area contributed by atoms with Gasteiger partial charge in [-0.25, -0.2) is 28.6 Å². The number of carbonyl (C=O) groups is 1. The van der Waals surface area contributed by atoms with Crippen molar-refractivity contribution in [1.82, 2.24) is 19.5 Å². The van der Waals surface area contributed by atoms with E-state index in [1.54, 1.807) is 0 Å². The molecule has 5 atom stereocenters. The molecular weight excluding hydrogens is 702 g/mol. The maximum atomic E-state index is 13.2. The number of hydrogen-bond acceptors (Lipinski definition) is 15. The molecule has 0 saturated carbocycles. The van der Waals surface area contributed by atoms with E-state index in [4.69, 9.17) is 68.2 Å². The number of nitrogen functional groups attached to an aromatic ring is 1. The van der Waals surface area contributed by atoms with Crippen molar-refractivity contribution < 1.29 is 107 Å². The number of aliphatic hydroxyl groups excluding tert-OH is 4. The third-order valence-electron chi connectivity index (χ3n) is 4.73. The lowest BCUT2D eigenvalue weighted by Crippen LogP contribution is -2.61. The number of rotatable bonds is 6. The number of carbonyl (C=O) groups excluding carboxylic acids is 1. The number of nitrogens with zero attached hydrogens (tertiary/aromatic N) is 4. The van der Waals surface area contributed by atoms with Gasteiger partial charge in [0.25, 0.3) is 5.34 Å². The number of aromatic nitrogens is 4. The summed E-state index contributed by atoms with van der Waals surface area (Å²) in [5.41, 5.74) is 2.36. The molecule has 1 fully saturated rings. The summed E-state index contributed by atoms with van der Waals surface area (Å²) in [4.78, 5) is 108. The topological polar surface area (TPSA) is 488 Å². The number of ether oxygens (including phenoxy) is 1. The standard InChI is InChI=1S/C13H18N5O10P.3H3O4P/c14-9-6-10(16-3-15-9)18(4-17-6)13(8(22)7(21)5(1-19)28-13)11(23)12(24,2-20)29(25,26)27;3*1-5(2,3)4/h3-5,7-8,19-22,24H,1-2H2,(H2,14,15,16)(H2,25,26,27);3*(H3,1,2,3,4)/t5-,7-,8-,12?,13+;;;/m1.../s1. The van der Waals surface area contributed by atoms with Crippen LogP contribution in [0.4, 0.5) is 5.82 Å². The summed E-state index contributed by atoms with van der Waals surface area (Å²) in [5.74, 6) is -2.06. The number of fused-ring (bicyclic) bond motifs is 1. The highest BCUT2D eigenvalue weighted by molar-refractivity contribution is 7.54. The molecule has 0 bridgehead atoms. The van der Waals surface area contributed by atoms with E-state index >= 15 is 0 Å². The first-order valence-corrected chi connectivity index (χ1v) is 16.6. The summed E-state index contributed by atoms with van der Waals surface area (Å²) >= 11 is 0. The third kappa shape index (κ3) is 11.9. The van der Waals surface area contributed by atoms with Gasteiger partial charge in [0, 0.05) is 0 Å². The molecule has 1 unspecified atom stereocenters. The summed E-state index contributed by atoms with van der Waals surface area (Å²) in [6.45, 7) is -2.66. The molecule has 1 aliphatic rings. The van der Waals surface area contributed by atoms with Crippen LogP contribution >= 0.6 is 31.1 Å². The Kier molecular flexibility index (Phi) is 14.6. The van der Waals surface area contributed by atoms with Gasteiger partial charge in [-0.05, 0) is 0 Å². The largest absolute Gasteiger partial charge is 0.466 e. The molecule has 0 aromatic carbocycles. The Morgan fingerprint density at radius 3 is 1.66 bits per heavy atom. The van der Waals surface area contributed by atoms with Crippen molar-refractivity contribution >= 4 is 53.8 Å². The van der Waals surface area contributed by atoms with Crippen molar-refractivity contribution in [3.05, 3.63) is 12.7 Å². The second-order valence-electron chi connectivity index (χ2n) is 7.90. The van der Waals surface area contributed by atoms with Gasteiger partial charge in [-0.3, -0.25) is 13.9 Å². The Morgan fingerprint density at radius 2 is 1.32 bits per heavy atom. The summed E-state index contributed by atoms with van der Waals surface area (Å²) in [6.07, 6.45) is -4.01. The Morgan fingerprint density at radius 1 is 0.886 bits per heavy atom. The number of ketones is 1. The molecule has 1 aliphatic heterocycles. The van der Waals surface area contributed by atoms with Crippen LogP contribution in [0.25, 0.3) is 11.2 Å². The zero-order valence-electron chi connectivity index (χ0n) is 21.1. The van der Waals surface area contributed by atoms with Gasteiger partial charge >= 0.3 is 31.1 Å². The highest BCUT2D eigenvalue weighted by Gasteiger charge is 2.69. The first-order valence-electron chi connectivity index (χ1n) is 10.3. The first-order chi connectivity index (χ1) is 19.5. The van der Waals surface area contributed by atoms with Crippen molar-refractivity contribution in [2.75, 3.05) is 18.9 Å². The molecule has 44 heavy (non-hydrogen) atoms. The Bertz CT molecular complexity index is 1390. The van der Waals surface area contributed by atoms with Crippen LogP contribution in [-0.2, 0) is 33.5 Å². The van der Waals surface area contributed by atoms with Crippen LogP contribution in [0, 0.1) is 0 Å². The molecule has 0 aliphatic carbocycles. The smallest absolute Gasteiger partial charge is 0.394 e. The zero-order chi connectivity index (χ0) is 35.3. The predicted molar refractivity (Wildman–Crippen MR) is 134 cm³/mol. The fraction of sp³-hybridized carbons (Fsp3) is 0.538. The number of aliphatic hydroxyl groups is 5. The molecule has 256 valence electrons. The fourth-order valence-electron chi connectivity index (χ4n) is 3.13. The number of Topliss-reactive ketones (excluding diaryl/α,β-unsaturated/α-hetero) is 1. The minimum Gasteiger partial charge on any atom is -0.394 e. The van der Waals surface area contributed by atoms with Crippen molar-refractivity contribution in [1.29, 1.82) is 0 Å². The molecule has 27 nitrogen and oxygen atoms in total. The van der Waals surface area contributed by atoms with Crippen molar-refractivity contribution in [2.24, 2.45) is 0 Å². The summed E-state index contributed by atoms with van der Waals surface area (Å²) in [6, 6.07) is 0. The van der Waals surface area contributed by atoms with Crippen molar-refractivity contribution in [2.45, 2.75) is 29.4 Å². The lowest BCUT2D eigenvalue weighted by atomic mass is 9.94. The second-order valence-corrected chi connectivity index (χ2v) is 12.8. The van der Waals surface area contributed by atoms with E-state index in [-0.39, 0.29) is 17.0 Å². The number of imidazole rings is 1. The summed E-state index contributed by atoms with van der Waals surface area (Å²) in [5, 5.41) is 46.3. The van der Waals surface area contributed by atoms with Gasteiger partial charge in [-0.2, -0.15) is 0 Å². The average molecular weight is 729 g/mol. The normalized spacial score (nSPS) is 23.7. The average Bonchev–Trinajstić information content (AvgIpc) is 3.35. The Balaban J connectivity index is 0.00000102. The number of nitrogens with two attached hydrogens (primary N) is 1. The number of anilines is 1. The molecule has 1 saturated heterocycles. The maximum absolute atomic E-state index is 13.2. The molecular formula is C13H27N5O22P4. The van der Waals surface area contributed by atoms with Crippen LogP contribution in [0.15, 0.2) is 12.7 Å². The molecule has 2 aromatic heterocycles. The van der Waals surface area contributed by atoms with E-state index in [2.05, 4.69) is 15.0 Å². The van der Waals surface area contributed by atoms with E-state index in [9.17, 15) is 44.7 Å². The molecule has 3 rings (SSSR count). The van der Waals surface area contributed by atoms with Gasteiger partial charge in [0.2, 0.25) is 11.5 Å². The third-order valence-corrected chi connectivity index (χ3v) is 6.04. The zero-order valence-corrected chi connectivity index (χ0v) is 24.6. The van der Waals surface area contributed by atoms with Crippen LogP contribution < -0.4 is 5.73 Å². The fourth-order valence-corrected chi connectivity index (χ4v) is 3.73. The monoisotopic (exact) mass is 729 g/mol. The SMILES string of the molecule is Nc1ncnc2c1ncn2[C@]1(C(=O)C(O)(CO)P(=O)(O)O)O[C@H](CO)[C@@H](O)[C@H]1O.O=P(O)(O)O.O=P(O)(O)O.O=P(O)(O)O. The van der Waals surface area contributed by atoms with Gasteiger partial charge in [-0.15, -0.1) is 0 Å². The van der Waals surface area contributed by atoms with Gasteiger partial charge in [0.1, 0.15) is 36.5 Å². The number of hydrogen-bond donors (Lipinski definition) is 17. The van der Waals surface area contributed by atoms with Gasteiger partial charge in [0.15, 0.2) is 11.5 Å². The molecule has 0 radical (unpaired) electrons. The predicted octanol–water partition coefficient (Wildman–Crippen LogP) is -7.18.